The quantitative estimate of drug-likeness (QED) is 0.746. The summed E-state index contributed by atoms with van der Waals surface area (Å²) in [6.07, 6.45) is 7.72. The van der Waals surface area contributed by atoms with E-state index in [2.05, 4.69) is 11.0 Å². The normalized spacial score (nSPS) is 20.6. The first kappa shape index (κ1) is 13.4. The molecule has 0 atom stereocenters. The lowest BCUT2D eigenvalue weighted by atomic mass is 10.2. The van der Waals surface area contributed by atoms with Gasteiger partial charge in [-0.2, -0.15) is 5.26 Å². The van der Waals surface area contributed by atoms with Gasteiger partial charge >= 0.3 is 0 Å². The van der Waals surface area contributed by atoms with E-state index in [1.807, 2.05) is 4.90 Å². The van der Waals surface area contributed by atoms with Gasteiger partial charge in [0.2, 0.25) is 5.91 Å². The molecule has 0 spiro atoms. The Morgan fingerprint density at radius 1 is 1.22 bits per heavy atom. The van der Waals surface area contributed by atoms with Gasteiger partial charge < -0.3 is 4.90 Å². The first-order valence-electron chi connectivity index (χ1n) is 7.20. The molecule has 1 saturated heterocycles. The third kappa shape index (κ3) is 3.99. The highest BCUT2D eigenvalue weighted by Gasteiger charge is 2.31. The molecule has 4 nitrogen and oxygen atoms in total. The summed E-state index contributed by atoms with van der Waals surface area (Å²) in [7, 11) is 0. The number of carbonyl (C=O) groups is 1. The minimum atomic E-state index is 0.265. The second kappa shape index (κ2) is 6.75. The molecule has 0 bridgehead atoms. The van der Waals surface area contributed by atoms with E-state index in [-0.39, 0.29) is 5.91 Å². The van der Waals surface area contributed by atoms with Crippen LogP contribution >= 0.6 is 0 Å². The highest BCUT2D eigenvalue weighted by molar-refractivity contribution is 5.78. The summed E-state index contributed by atoms with van der Waals surface area (Å²) >= 11 is 0. The van der Waals surface area contributed by atoms with E-state index in [9.17, 15) is 4.79 Å². The number of hydrogen-bond acceptors (Lipinski definition) is 3. The molecule has 1 aliphatic heterocycles. The lowest BCUT2D eigenvalue weighted by Gasteiger charge is -2.26. The van der Waals surface area contributed by atoms with E-state index in [1.165, 1.54) is 25.7 Å². The molecule has 1 aliphatic carbocycles. The number of nitriles is 1. The van der Waals surface area contributed by atoms with Crippen molar-refractivity contribution in [3.63, 3.8) is 0 Å². The van der Waals surface area contributed by atoms with Crippen molar-refractivity contribution >= 4 is 5.91 Å². The van der Waals surface area contributed by atoms with Crippen LogP contribution in [-0.4, -0.2) is 47.9 Å². The van der Waals surface area contributed by atoms with Crippen molar-refractivity contribution in [3.8, 4) is 6.07 Å². The zero-order valence-electron chi connectivity index (χ0n) is 11.1. The molecule has 1 amide bonds. The first-order chi connectivity index (χ1) is 8.81. The fraction of sp³-hybridized carbons (Fsp3) is 0.857. The summed E-state index contributed by atoms with van der Waals surface area (Å²) in [6, 6.07) is 2.74. The zero-order valence-corrected chi connectivity index (χ0v) is 11.1. The molecule has 0 unspecified atom stereocenters. The summed E-state index contributed by atoms with van der Waals surface area (Å²) < 4.78 is 0. The van der Waals surface area contributed by atoms with Crippen molar-refractivity contribution in [1.29, 1.82) is 5.26 Å². The van der Waals surface area contributed by atoms with Crippen molar-refractivity contribution in [2.75, 3.05) is 26.2 Å². The predicted octanol–water partition coefficient (Wildman–Crippen LogP) is 1.77. The summed E-state index contributed by atoms with van der Waals surface area (Å²) in [4.78, 5) is 16.5. The van der Waals surface area contributed by atoms with Crippen LogP contribution in [0.2, 0.25) is 0 Å². The summed E-state index contributed by atoms with van der Waals surface area (Å²) in [5, 5.41) is 8.67. The van der Waals surface area contributed by atoms with E-state index in [0.717, 1.165) is 32.5 Å². The van der Waals surface area contributed by atoms with Crippen LogP contribution in [0.4, 0.5) is 0 Å². The molecular weight excluding hydrogens is 226 g/mol. The van der Waals surface area contributed by atoms with Crippen LogP contribution in [0.15, 0.2) is 0 Å². The number of carbonyl (C=O) groups excluding carboxylic acids is 1. The van der Waals surface area contributed by atoms with Crippen molar-refractivity contribution in [3.05, 3.63) is 0 Å². The van der Waals surface area contributed by atoms with Crippen molar-refractivity contribution in [2.24, 2.45) is 0 Å². The maximum absolute atomic E-state index is 12.3. The van der Waals surface area contributed by atoms with Gasteiger partial charge in [-0.15, -0.1) is 0 Å². The number of likely N-dealkylation sites (tertiary alicyclic amines) is 1. The van der Waals surface area contributed by atoms with E-state index < -0.39 is 0 Å². The van der Waals surface area contributed by atoms with E-state index in [4.69, 9.17) is 5.26 Å². The Bertz CT molecular complexity index is 311. The van der Waals surface area contributed by atoms with Gasteiger partial charge in [0.05, 0.1) is 12.6 Å². The second-order valence-corrected chi connectivity index (χ2v) is 5.40. The molecule has 0 aromatic rings. The third-order valence-corrected chi connectivity index (χ3v) is 3.87. The Hall–Kier alpha value is -1.08. The predicted molar refractivity (Wildman–Crippen MR) is 69.9 cm³/mol. The molecule has 0 radical (unpaired) electrons. The minimum Gasteiger partial charge on any atom is -0.342 e. The fourth-order valence-electron chi connectivity index (χ4n) is 2.62. The van der Waals surface area contributed by atoms with Crippen LogP contribution in [0.1, 0.15) is 44.9 Å². The molecule has 1 saturated carbocycles. The van der Waals surface area contributed by atoms with Crippen LogP contribution < -0.4 is 0 Å². The second-order valence-electron chi connectivity index (χ2n) is 5.40. The summed E-state index contributed by atoms with van der Waals surface area (Å²) in [5.41, 5.74) is 0. The summed E-state index contributed by atoms with van der Waals surface area (Å²) in [5.74, 6) is 0.265. The van der Waals surface area contributed by atoms with Gasteiger partial charge in [-0.1, -0.05) is 12.8 Å². The minimum absolute atomic E-state index is 0.265. The van der Waals surface area contributed by atoms with Crippen molar-refractivity contribution in [1.82, 2.24) is 9.80 Å². The number of amides is 1. The topological polar surface area (TPSA) is 47.3 Å². The average Bonchev–Trinajstić information content (AvgIpc) is 3.18. The largest absolute Gasteiger partial charge is 0.342 e. The Kier molecular flexibility index (Phi) is 5.00. The highest BCUT2D eigenvalue weighted by atomic mass is 16.2. The molecular formula is C14H23N3O. The highest BCUT2D eigenvalue weighted by Crippen LogP contribution is 2.26. The van der Waals surface area contributed by atoms with Gasteiger partial charge in [-0.05, 0) is 25.7 Å². The van der Waals surface area contributed by atoms with Crippen molar-refractivity contribution < 1.29 is 4.79 Å². The standard InChI is InChI=1S/C14H23N3O/c15-8-5-11-17(13-6-7-13)12-14(18)16-9-3-1-2-4-10-16/h13H,1-7,9-12H2. The van der Waals surface area contributed by atoms with Gasteiger partial charge in [-0.25, -0.2) is 0 Å². The Morgan fingerprint density at radius 3 is 2.44 bits per heavy atom. The van der Waals surface area contributed by atoms with Gasteiger partial charge in [0.1, 0.15) is 0 Å². The maximum Gasteiger partial charge on any atom is 0.236 e. The van der Waals surface area contributed by atoms with Crippen LogP contribution in [-0.2, 0) is 4.79 Å². The Labute approximate surface area is 110 Å². The van der Waals surface area contributed by atoms with E-state index >= 15 is 0 Å². The zero-order chi connectivity index (χ0) is 12.8. The van der Waals surface area contributed by atoms with Gasteiger partial charge in [0, 0.05) is 32.1 Å². The Balaban J connectivity index is 1.81. The molecule has 0 aromatic heterocycles. The van der Waals surface area contributed by atoms with Crippen molar-refractivity contribution in [2.45, 2.75) is 51.0 Å². The van der Waals surface area contributed by atoms with Crippen LogP contribution in [0, 0.1) is 11.3 Å². The third-order valence-electron chi connectivity index (χ3n) is 3.87. The van der Waals surface area contributed by atoms with Crippen LogP contribution in [0.5, 0.6) is 0 Å². The molecule has 18 heavy (non-hydrogen) atoms. The van der Waals surface area contributed by atoms with Gasteiger partial charge in [0.15, 0.2) is 0 Å². The smallest absolute Gasteiger partial charge is 0.236 e. The molecule has 4 heteroatoms. The molecule has 100 valence electrons. The summed E-state index contributed by atoms with van der Waals surface area (Å²) in [6.45, 7) is 3.12. The molecule has 0 N–H and O–H groups in total. The van der Waals surface area contributed by atoms with Crippen LogP contribution in [0.3, 0.4) is 0 Å². The molecule has 1 heterocycles. The lowest BCUT2D eigenvalue weighted by molar-refractivity contribution is -0.132. The fourth-order valence-corrected chi connectivity index (χ4v) is 2.62. The maximum atomic E-state index is 12.3. The van der Waals surface area contributed by atoms with Crippen LogP contribution in [0.25, 0.3) is 0 Å². The van der Waals surface area contributed by atoms with Gasteiger partial charge in [-0.3, -0.25) is 9.69 Å². The molecule has 0 aromatic carbocycles. The SMILES string of the molecule is N#CCCN(CC(=O)N1CCCCCC1)C1CC1. The molecule has 2 fully saturated rings. The van der Waals surface area contributed by atoms with E-state index in [1.54, 1.807) is 0 Å². The first-order valence-corrected chi connectivity index (χ1v) is 7.20. The Morgan fingerprint density at radius 2 is 1.89 bits per heavy atom. The monoisotopic (exact) mass is 249 g/mol. The average molecular weight is 249 g/mol. The number of nitrogens with zero attached hydrogens (tertiary/aromatic N) is 3. The number of hydrogen-bond donors (Lipinski definition) is 0. The van der Waals surface area contributed by atoms with E-state index in [0.29, 0.717) is 19.0 Å². The lowest BCUT2D eigenvalue weighted by Crippen LogP contribution is -2.42. The van der Waals surface area contributed by atoms with Gasteiger partial charge in [0.25, 0.3) is 0 Å². The number of rotatable bonds is 5. The molecule has 2 rings (SSSR count). The molecule has 2 aliphatic rings.